The summed E-state index contributed by atoms with van der Waals surface area (Å²) in [5.74, 6) is 0.245. The topological polar surface area (TPSA) is 75.4 Å². The van der Waals surface area contributed by atoms with Gasteiger partial charge in [-0.1, -0.05) is 24.3 Å². The zero-order chi connectivity index (χ0) is 14.4. The van der Waals surface area contributed by atoms with Crippen LogP contribution in [-0.2, 0) is 17.6 Å². The number of carbonyl (C=O) groups excluding carboxylic acids is 1. The Morgan fingerprint density at radius 1 is 1.00 bits per heavy atom. The summed E-state index contributed by atoms with van der Waals surface area (Å²) in [5.41, 5.74) is 8.32. The van der Waals surface area contributed by atoms with Gasteiger partial charge in [-0.25, -0.2) is 0 Å². The van der Waals surface area contributed by atoms with Gasteiger partial charge in [0.2, 0.25) is 5.91 Å². The Morgan fingerprint density at radius 2 is 1.60 bits per heavy atom. The maximum absolute atomic E-state index is 11.8. The van der Waals surface area contributed by atoms with Gasteiger partial charge in [-0.2, -0.15) is 0 Å². The molecule has 0 saturated carbocycles. The van der Waals surface area contributed by atoms with Crippen molar-refractivity contribution in [1.82, 2.24) is 5.32 Å². The summed E-state index contributed by atoms with van der Waals surface area (Å²) in [6, 6.07) is 14.3. The zero-order valence-electron chi connectivity index (χ0n) is 11.2. The number of hydrogen-bond acceptors (Lipinski definition) is 3. The molecule has 0 saturated heterocycles. The fraction of sp³-hybridized carbons (Fsp3) is 0.188. The molecule has 0 fully saturated rings. The highest BCUT2D eigenvalue weighted by atomic mass is 16.3. The van der Waals surface area contributed by atoms with Gasteiger partial charge in [-0.05, 0) is 41.8 Å². The Balaban J connectivity index is 1.75. The summed E-state index contributed by atoms with van der Waals surface area (Å²) in [7, 11) is 0. The first-order valence-electron chi connectivity index (χ1n) is 6.52. The fourth-order valence-electron chi connectivity index (χ4n) is 1.89. The lowest BCUT2D eigenvalue weighted by molar-refractivity contribution is -0.120. The molecule has 0 bridgehead atoms. The molecule has 0 radical (unpaired) electrons. The van der Waals surface area contributed by atoms with E-state index >= 15 is 0 Å². The van der Waals surface area contributed by atoms with Crippen molar-refractivity contribution in [2.75, 3.05) is 12.3 Å². The quantitative estimate of drug-likeness (QED) is 0.726. The number of benzene rings is 2. The smallest absolute Gasteiger partial charge is 0.224 e. The van der Waals surface area contributed by atoms with Crippen molar-refractivity contribution in [3.8, 4) is 5.75 Å². The van der Waals surface area contributed by atoms with Gasteiger partial charge in [0.25, 0.3) is 0 Å². The summed E-state index contributed by atoms with van der Waals surface area (Å²) in [6.45, 7) is 0.582. The largest absolute Gasteiger partial charge is 0.508 e. The second-order valence-corrected chi connectivity index (χ2v) is 4.68. The van der Waals surface area contributed by atoms with E-state index in [4.69, 9.17) is 5.73 Å². The van der Waals surface area contributed by atoms with Crippen molar-refractivity contribution in [3.05, 3.63) is 59.7 Å². The Labute approximate surface area is 118 Å². The number of rotatable bonds is 5. The average Bonchev–Trinajstić information content (AvgIpc) is 2.44. The van der Waals surface area contributed by atoms with E-state index in [1.165, 1.54) is 0 Å². The van der Waals surface area contributed by atoms with Crippen molar-refractivity contribution >= 4 is 11.6 Å². The van der Waals surface area contributed by atoms with E-state index in [1.807, 2.05) is 24.3 Å². The Bertz CT molecular complexity index is 562. The lowest BCUT2D eigenvalue weighted by Crippen LogP contribution is -2.27. The molecule has 20 heavy (non-hydrogen) atoms. The van der Waals surface area contributed by atoms with E-state index in [2.05, 4.69) is 5.32 Å². The molecule has 0 aliphatic carbocycles. The van der Waals surface area contributed by atoms with Crippen molar-refractivity contribution in [3.63, 3.8) is 0 Å². The number of nitrogens with two attached hydrogens (primary N) is 1. The Morgan fingerprint density at radius 3 is 2.25 bits per heavy atom. The van der Waals surface area contributed by atoms with Gasteiger partial charge >= 0.3 is 0 Å². The number of phenols is 1. The summed E-state index contributed by atoms with van der Waals surface area (Å²) in [6.07, 6.45) is 1.10. The highest BCUT2D eigenvalue weighted by molar-refractivity contribution is 5.78. The lowest BCUT2D eigenvalue weighted by atomic mass is 10.1. The van der Waals surface area contributed by atoms with Crippen molar-refractivity contribution in [1.29, 1.82) is 0 Å². The molecule has 0 aromatic heterocycles. The van der Waals surface area contributed by atoms with Crippen LogP contribution in [0.2, 0.25) is 0 Å². The van der Waals surface area contributed by atoms with Crippen molar-refractivity contribution in [2.45, 2.75) is 12.8 Å². The van der Waals surface area contributed by atoms with Gasteiger partial charge in [-0.3, -0.25) is 4.79 Å². The average molecular weight is 270 g/mol. The van der Waals surface area contributed by atoms with E-state index in [0.29, 0.717) is 18.7 Å². The zero-order valence-corrected chi connectivity index (χ0v) is 11.2. The molecule has 4 nitrogen and oxygen atoms in total. The number of aromatic hydroxyl groups is 1. The predicted molar refractivity (Wildman–Crippen MR) is 79.4 cm³/mol. The number of phenolic OH excluding ortho intramolecular Hbond substituents is 1. The second kappa shape index (κ2) is 6.61. The number of nitrogens with one attached hydrogen (secondary N) is 1. The van der Waals surface area contributed by atoms with Gasteiger partial charge in [-0.15, -0.1) is 0 Å². The van der Waals surface area contributed by atoms with E-state index in [-0.39, 0.29) is 11.7 Å². The van der Waals surface area contributed by atoms with E-state index < -0.39 is 0 Å². The predicted octanol–water partition coefficient (Wildman–Crippen LogP) is 1.88. The Hall–Kier alpha value is -2.49. The molecule has 0 aliphatic heterocycles. The summed E-state index contributed by atoms with van der Waals surface area (Å²) in [5, 5.41) is 12.1. The summed E-state index contributed by atoms with van der Waals surface area (Å²) in [4.78, 5) is 11.8. The Kier molecular flexibility index (Phi) is 4.60. The van der Waals surface area contributed by atoms with Crippen LogP contribution in [0.3, 0.4) is 0 Å². The monoisotopic (exact) mass is 270 g/mol. The van der Waals surface area contributed by atoms with Crippen LogP contribution in [0.5, 0.6) is 5.75 Å². The first-order chi connectivity index (χ1) is 9.63. The normalized spacial score (nSPS) is 10.2. The molecule has 2 aromatic rings. The molecule has 104 valence electrons. The molecule has 0 spiro atoms. The lowest BCUT2D eigenvalue weighted by Gasteiger charge is -2.06. The van der Waals surface area contributed by atoms with Crippen LogP contribution in [0.1, 0.15) is 11.1 Å². The van der Waals surface area contributed by atoms with Gasteiger partial charge in [0, 0.05) is 12.2 Å². The van der Waals surface area contributed by atoms with E-state index in [1.54, 1.807) is 24.3 Å². The summed E-state index contributed by atoms with van der Waals surface area (Å²) >= 11 is 0. The van der Waals surface area contributed by atoms with Crippen LogP contribution in [0, 0.1) is 0 Å². The third-order valence-corrected chi connectivity index (χ3v) is 3.02. The highest BCUT2D eigenvalue weighted by Gasteiger charge is 2.03. The van der Waals surface area contributed by atoms with Gasteiger partial charge in [0.15, 0.2) is 0 Å². The minimum absolute atomic E-state index is 0.00597. The molecule has 2 rings (SSSR count). The molecule has 1 amide bonds. The van der Waals surface area contributed by atoms with Crippen LogP contribution >= 0.6 is 0 Å². The number of nitrogen functional groups attached to an aromatic ring is 1. The molecule has 4 heteroatoms. The first-order valence-corrected chi connectivity index (χ1v) is 6.52. The third-order valence-electron chi connectivity index (χ3n) is 3.02. The summed E-state index contributed by atoms with van der Waals surface area (Å²) < 4.78 is 0. The minimum atomic E-state index is -0.00597. The van der Waals surface area contributed by atoms with Crippen molar-refractivity contribution in [2.24, 2.45) is 0 Å². The van der Waals surface area contributed by atoms with E-state index in [0.717, 1.165) is 17.5 Å². The maximum atomic E-state index is 11.8. The first kappa shape index (κ1) is 13.9. The fourth-order valence-corrected chi connectivity index (χ4v) is 1.89. The molecule has 0 heterocycles. The molecule has 4 N–H and O–H groups in total. The molecule has 0 unspecified atom stereocenters. The van der Waals surface area contributed by atoms with Crippen LogP contribution in [0.25, 0.3) is 0 Å². The molecule has 2 aromatic carbocycles. The number of amides is 1. The standard InChI is InChI=1S/C16H18N2O2/c17-14-5-1-13(2-6-14)11-16(20)18-10-9-12-3-7-15(19)8-4-12/h1-8,19H,9-11,17H2,(H,18,20). The number of anilines is 1. The van der Waals surface area contributed by atoms with Crippen LogP contribution in [0.15, 0.2) is 48.5 Å². The molecule has 0 aliphatic rings. The van der Waals surface area contributed by atoms with Gasteiger partial charge in [0.05, 0.1) is 6.42 Å². The van der Waals surface area contributed by atoms with E-state index in [9.17, 15) is 9.90 Å². The minimum Gasteiger partial charge on any atom is -0.508 e. The number of hydrogen-bond donors (Lipinski definition) is 3. The highest BCUT2D eigenvalue weighted by Crippen LogP contribution is 2.09. The van der Waals surface area contributed by atoms with Crippen LogP contribution < -0.4 is 11.1 Å². The van der Waals surface area contributed by atoms with Crippen LogP contribution in [0.4, 0.5) is 5.69 Å². The molecular formula is C16H18N2O2. The SMILES string of the molecule is Nc1ccc(CC(=O)NCCc2ccc(O)cc2)cc1. The van der Waals surface area contributed by atoms with Gasteiger partial charge in [0.1, 0.15) is 5.75 Å². The van der Waals surface area contributed by atoms with Crippen LogP contribution in [-0.4, -0.2) is 17.6 Å². The molecule has 0 atom stereocenters. The maximum Gasteiger partial charge on any atom is 0.224 e. The van der Waals surface area contributed by atoms with Crippen molar-refractivity contribution < 1.29 is 9.90 Å². The van der Waals surface area contributed by atoms with Gasteiger partial charge < -0.3 is 16.2 Å². The molecular weight excluding hydrogens is 252 g/mol. The number of carbonyl (C=O) groups is 1. The third kappa shape index (κ3) is 4.31. The second-order valence-electron chi connectivity index (χ2n) is 4.68.